The molecule has 6 nitrogen and oxygen atoms in total. The first-order valence-corrected chi connectivity index (χ1v) is 10.3. The van der Waals surface area contributed by atoms with Crippen LogP contribution in [0.5, 0.6) is 5.75 Å². The van der Waals surface area contributed by atoms with Crippen molar-refractivity contribution in [1.29, 1.82) is 5.26 Å². The number of rotatable bonds is 5. The molecular formula is C20H14N4O2S2. The number of anilines is 1. The largest absolute Gasteiger partial charge is 0.496 e. The molecule has 0 amide bonds. The summed E-state index contributed by atoms with van der Waals surface area (Å²) in [6, 6.07) is 15.1. The lowest BCUT2D eigenvalue weighted by Gasteiger charge is -2.12. The van der Waals surface area contributed by atoms with Gasteiger partial charge in [-0.15, -0.1) is 11.3 Å². The van der Waals surface area contributed by atoms with Gasteiger partial charge in [-0.3, -0.25) is 9.71 Å². The van der Waals surface area contributed by atoms with Gasteiger partial charge >= 0.3 is 0 Å². The first-order valence-electron chi connectivity index (χ1n) is 8.25. The first-order chi connectivity index (χ1) is 13.7. The van der Waals surface area contributed by atoms with E-state index in [1.165, 1.54) is 17.5 Å². The molecule has 0 spiro atoms. The summed E-state index contributed by atoms with van der Waals surface area (Å²) < 4.78 is 21.0. The van der Waals surface area contributed by atoms with Crippen molar-refractivity contribution in [2.45, 2.75) is 4.90 Å². The summed E-state index contributed by atoms with van der Waals surface area (Å²) in [5.41, 5.74) is 1.95. The van der Waals surface area contributed by atoms with Crippen LogP contribution in [0.3, 0.4) is 0 Å². The maximum atomic E-state index is 12.7. The summed E-state index contributed by atoms with van der Waals surface area (Å²) in [4.78, 5) is 9.13. The molecule has 1 atom stereocenters. The molecule has 4 rings (SSSR count). The highest BCUT2D eigenvalue weighted by molar-refractivity contribution is 7.86. The van der Waals surface area contributed by atoms with Crippen molar-refractivity contribution in [1.82, 2.24) is 9.97 Å². The average Bonchev–Trinajstić information content (AvgIpc) is 3.25. The molecule has 0 saturated heterocycles. The molecule has 2 aromatic carbocycles. The van der Waals surface area contributed by atoms with Crippen LogP contribution in [0.4, 0.5) is 5.13 Å². The number of fused-ring (bicyclic) bond motifs is 1. The minimum atomic E-state index is -1.49. The Balaban J connectivity index is 1.85. The van der Waals surface area contributed by atoms with Gasteiger partial charge in [0, 0.05) is 34.1 Å². The van der Waals surface area contributed by atoms with Crippen molar-refractivity contribution in [3.05, 3.63) is 65.8 Å². The van der Waals surface area contributed by atoms with E-state index in [9.17, 15) is 9.47 Å². The van der Waals surface area contributed by atoms with Crippen LogP contribution < -0.4 is 9.46 Å². The number of aromatic nitrogens is 2. The standard InChI is InChI=1S/C20H14N4O2S2/c1-26-18-5-3-2-4-16(18)19-15-7-6-14(10-17(15)13(11-21)12-23-19)28(25)24-20-22-8-9-27-20/h2-10,12H,1H3,(H,22,24). The van der Waals surface area contributed by atoms with Crippen LogP contribution in [-0.2, 0) is 11.0 Å². The van der Waals surface area contributed by atoms with E-state index in [0.717, 1.165) is 10.9 Å². The van der Waals surface area contributed by atoms with Gasteiger partial charge in [-0.05, 0) is 24.3 Å². The molecule has 1 unspecified atom stereocenters. The van der Waals surface area contributed by atoms with Crippen LogP contribution in [0.1, 0.15) is 5.56 Å². The molecule has 0 bridgehead atoms. The second-order valence-electron chi connectivity index (χ2n) is 5.75. The minimum Gasteiger partial charge on any atom is -0.496 e. The van der Waals surface area contributed by atoms with E-state index >= 15 is 0 Å². The van der Waals surface area contributed by atoms with Crippen LogP contribution in [-0.4, -0.2) is 21.3 Å². The van der Waals surface area contributed by atoms with Gasteiger partial charge in [-0.1, -0.05) is 18.2 Å². The lowest BCUT2D eigenvalue weighted by atomic mass is 10.0. The summed E-state index contributed by atoms with van der Waals surface area (Å²) in [7, 11) is 0.115. The maximum Gasteiger partial charge on any atom is 0.194 e. The summed E-state index contributed by atoms with van der Waals surface area (Å²) in [6.07, 6.45) is 3.18. The molecule has 4 aromatic rings. The van der Waals surface area contributed by atoms with E-state index in [4.69, 9.17) is 4.74 Å². The fourth-order valence-electron chi connectivity index (χ4n) is 2.89. The van der Waals surface area contributed by atoms with Gasteiger partial charge in [-0.2, -0.15) is 5.26 Å². The Morgan fingerprint density at radius 3 is 2.79 bits per heavy atom. The van der Waals surface area contributed by atoms with Crippen LogP contribution in [0.2, 0.25) is 0 Å². The molecule has 8 heteroatoms. The number of nitrogens with zero attached hydrogens (tertiary/aromatic N) is 3. The van der Waals surface area contributed by atoms with Crippen molar-refractivity contribution in [2.75, 3.05) is 11.8 Å². The maximum absolute atomic E-state index is 12.7. The summed E-state index contributed by atoms with van der Waals surface area (Å²) in [6.45, 7) is 0. The Hall–Kier alpha value is -3.28. The normalized spacial score (nSPS) is 11.7. The number of para-hydroxylation sites is 1. The smallest absolute Gasteiger partial charge is 0.194 e. The molecule has 2 heterocycles. The molecule has 2 aromatic heterocycles. The first kappa shape index (κ1) is 18.1. The highest BCUT2D eigenvalue weighted by Gasteiger charge is 2.15. The molecule has 1 N–H and O–H groups in total. The van der Waals surface area contributed by atoms with Gasteiger partial charge in [0.1, 0.15) is 11.8 Å². The number of nitrogens with one attached hydrogen (secondary N) is 1. The molecule has 0 aliphatic carbocycles. The molecular weight excluding hydrogens is 392 g/mol. The Kier molecular flexibility index (Phi) is 5.02. The van der Waals surface area contributed by atoms with E-state index in [2.05, 4.69) is 20.8 Å². The number of hydrogen-bond acceptors (Lipinski definition) is 6. The minimum absolute atomic E-state index is 0.418. The third kappa shape index (κ3) is 3.33. The van der Waals surface area contributed by atoms with Gasteiger partial charge in [0.2, 0.25) is 0 Å². The van der Waals surface area contributed by atoms with Crippen LogP contribution >= 0.6 is 11.3 Å². The predicted octanol–water partition coefficient (Wildman–Crippen LogP) is 4.37. The Labute approximate surface area is 168 Å². The Morgan fingerprint density at radius 1 is 1.18 bits per heavy atom. The number of thiazole rings is 1. The van der Waals surface area contributed by atoms with E-state index in [0.29, 0.717) is 32.4 Å². The van der Waals surface area contributed by atoms with Crippen molar-refractivity contribution < 1.29 is 8.95 Å². The zero-order valence-corrected chi connectivity index (χ0v) is 16.4. The molecule has 0 aliphatic rings. The zero-order valence-electron chi connectivity index (χ0n) is 14.7. The van der Waals surface area contributed by atoms with Gasteiger partial charge < -0.3 is 4.74 Å². The molecule has 138 valence electrons. The summed E-state index contributed by atoms with van der Waals surface area (Å²) in [5.74, 6) is 0.694. The van der Waals surface area contributed by atoms with Crippen LogP contribution in [0.25, 0.3) is 22.0 Å². The van der Waals surface area contributed by atoms with E-state index in [-0.39, 0.29) is 0 Å². The highest BCUT2D eigenvalue weighted by Crippen LogP contribution is 2.35. The third-order valence-electron chi connectivity index (χ3n) is 4.17. The Morgan fingerprint density at radius 2 is 2.04 bits per heavy atom. The SMILES string of the molecule is COc1ccccc1-c1ncc(C#N)c2cc(S(=O)Nc3nccs3)ccc12. The van der Waals surface area contributed by atoms with Crippen LogP contribution in [0.15, 0.2) is 65.1 Å². The quantitative estimate of drug-likeness (QED) is 0.532. The topological polar surface area (TPSA) is 87.9 Å². The lowest BCUT2D eigenvalue weighted by molar-refractivity contribution is 0.416. The lowest BCUT2D eigenvalue weighted by Crippen LogP contribution is -2.04. The van der Waals surface area contributed by atoms with Gasteiger partial charge in [-0.25, -0.2) is 9.19 Å². The van der Waals surface area contributed by atoms with Crippen LogP contribution in [0, 0.1) is 11.3 Å². The fraction of sp³-hybridized carbons (Fsp3) is 0.0500. The number of benzene rings is 2. The van der Waals surface area contributed by atoms with Crippen molar-refractivity contribution >= 4 is 38.2 Å². The number of pyridine rings is 1. The molecule has 0 aliphatic heterocycles. The second kappa shape index (κ2) is 7.76. The number of ether oxygens (including phenoxy) is 1. The molecule has 28 heavy (non-hydrogen) atoms. The van der Waals surface area contributed by atoms with Crippen molar-refractivity contribution in [3.8, 4) is 23.1 Å². The highest BCUT2D eigenvalue weighted by atomic mass is 32.2. The molecule has 0 fully saturated rings. The predicted molar refractivity (Wildman–Crippen MR) is 111 cm³/mol. The summed E-state index contributed by atoms with van der Waals surface area (Å²) in [5, 5.41) is 13.4. The van der Waals surface area contributed by atoms with Crippen molar-refractivity contribution in [3.63, 3.8) is 0 Å². The Bertz CT molecular complexity index is 1220. The molecule has 0 saturated carbocycles. The van der Waals surface area contributed by atoms with Crippen molar-refractivity contribution in [2.24, 2.45) is 0 Å². The average molecular weight is 406 g/mol. The van der Waals surface area contributed by atoms with Gasteiger partial charge in [0.15, 0.2) is 16.1 Å². The third-order valence-corrected chi connectivity index (χ3v) is 6.05. The second-order valence-corrected chi connectivity index (χ2v) is 7.86. The molecule has 0 radical (unpaired) electrons. The van der Waals surface area contributed by atoms with E-state index < -0.39 is 11.0 Å². The fourth-order valence-corrected chi connectivity index (χ4v) is 4.43. The van der Waals surface area contributed by atoms with E-state index in [1.54, 1.807) is 30.8 Å². The van der Waals surface area contributed by atoms with E-state index in [1.807, 2.05) is 30.3 Å². The zero-order chi connectivity index (χ0) is 19.5. The van der Waals surface area contributed by atoms with Gasteiger partial charge in [0.05, 0.1) is 23.3 Å². The van der Waals surface area contributed by atoms with Gasteiger partial charge in [0.25, 0.3) is 0 Å². The summed E-state index contributed by atoms with van der Waals surface area (Å²) >= 11 is 1.37. The monoisotopic (exact) mass is 406 g/mol. The number of hydrogen-bond donors (Lipinski definition) is 1. The number of methoxy groups -OCH3 is 1. The number of nitriles is 1.